The van der Waals surface area contributed by atoms with Gasteiger partial charge in [0.05, 0.1) is 23.0 Å². The van der Waals surface area contributed by atoms with Crippen molar-refractivity contribution in [3.63, 3.8) is 0 Å². The predicted octanol–water partition coefficient (Wildman–Crippen LogP) is 5.90. The average Bonchev–Trinajstić information content (AvgIpc) is 3.01. The van der Waals surface area contributed by atoms with Gasteiger partial charge in [-0.05, 0) is 78.7 Å². The molecule has 0 radical (unpaired) electrons. The number of benzene rings is 4. The van der Waals surface area contributed by atoms with Gasteiger partial charge in [0.25, 0.3) is 15.9 Å². The Hall–Kier alpha value is -5.23. The summed E-state index contributed by atoms with van der Waals surface area (Å²) in [6.07, 6.45) is 0.764. The van der Waals surface area contributed by atoms with Crippen molar-refractivity contribution in [2.75, 3.05) is 29.1 Å². The first kappa shape index (κ1) is 29.3. The van der Waals surface area contributed by atoms with Crippen molar-refractivity contribution in [3.05, 3.63) is 102 Å². The molecule has 43 heavy (non-hydrogen) atoms. The SMILES string of the molecule is CCc1cc(Nc2nc3ccccc3nc2NS(=O)(=O)c2cccc(NC(=O)COc3ccc(F)cc3)c2)cc(OC)c1. The zero-order chi connectivity index (χ0) is 30.4. The maximum atomic E-state index is 13.5. The van der Waals surface area contributed by atoms with E-state index in [-0.39, 0.29) is 28.8 Å². The first-order valence-corrected chi connectivity index (χ1v) is 14.7. The Labute approximate surface area is 248 Å². The molecule has 0 aliphatic heterocycles. The fourth-order valence-corrected chi connectivity index (χ4v) is 5.21. The number of carbonyl (C=O) groups is 1. The molecule has 5 aromatic rings. The Bertz CT molecular complexity index is 1860. The van der Waals surface area contributed by atoms with Gasteiger partial charge in [-0.2, -0.15) is 0 Å². The number of carbonyl (C=O) groups excluding carboxylic acids is 1. The number of methoxy groups -OCH3 is 1. The number of nitrogens with one attached hydrogen (secondary N) is 3. The molecule has 0 saturated heterocycles. The number of anilines is 4. The van der Waals surface area contributed by atoms with Crippen LogP contribution in [0.2, 0.25) is 0 Å². The second kappa shape index (κ2) is 12.7. The number of nitrogens with zero attached hydrogens (tertiary/aromatic N) is 2. The third-order valence-electron chi connectivity index (χ3n) is 6.29. The minimum atomic E-state index is -4.18. The summed E-state index contributed by atoms with van der Waals surface area (Å²) in [6, 6.07) is 23.7. The number of aryl methyl sites for hydroxylation is 1. The number of fused-ring (bicyclic) bond motifs is 1. The van der Waals surface area contributed by atoms with Crippen molar-refractivity contribution in [3.8, 4) is 11.5 Å². The summed E-state index contributed by atoms with van der Waals surface area (Å²) in [6.45, 7) is 1.66. The molecule has 5 rings (SSSR count). The van der Waals surface area contributed by atoms with E-state index in [0.717, 1.165) is 12.0 Å². The molecule has 12 heteroatoms. The summed E-state index contributed by atoms with van der Waals surface area (Å²) < 4.78 is 53.5. The normalized spacial score (nSPS) is 11.1. The number of hydrogen-bond donors (Lipinski definition) is 3. The Morgan fingerprint density at radius 1 is 0.837 bits per heavy atom. The zero-order valence-electron chi connectivity index (χ0n) is 23.3. The van der Waals surface area contributed by atoms with E-state index in [0.29, 0.717) is 28.2 Å². The van der Waals surface area contributed by atoms with Gasteiger partial charge >= 0.3 is 0 Å². The second-order valence-corrected chi connectivity index (χ2v) is 11.1. The maximum absolute atomic E-state index is 13.5. The van der Waals surface area contributed by atoms with Gasteiger partial charge in [-0.1, -0.05) is 25.1 Å². The highest BCUT2D eigenvalue weighted by atomic mass is 32.2. The van der Waals surface area contributed by atoms with Gasteiger partial charge in [0.15, 0.2) is 18.2 Å². The highest BCUT2D eigenvalue weighted by Crippen LogP contribution is 2.30. The molecule has 0 spiro atoms. The summed E-state index contributed by atoms with van der Waals surface area (Å²) in [5.74, 6) is 0.189. The predicted molar refractivity (Wildman–Crippen MR) is 163 cm³/mol. The number of ether oxygens (including phenoxy) is 2. The Morgan fingerprint density at radius 3 is 2.26 bits per heavy atom. The molecule has 0 unspecified atom stereocenters. The molecule has 1 amide bonds. The average molecular weight is 602 g/mol. The topological polar surface area (TPSA) is 132 Å². The fraction of sp³-hybridized carbons (Fsp3) is 0.129. The van der Waals surface area contributed by atoms with E-state index in [2.05, 4.69) is 25.3 Å². The third-order valence-corrected chi connectivity index (χ3v) is 7.62. The van der Waals surface area contributed by atoms with E-state index in [9.17, 15) is 17.6 Å². The number of halogens is 1. The number of sulfonamides is 1. The quantitative estimate of drug-likeness (QED) is 0.171. The van der Waals surface area contributed by atoms with Crippen molar-refractivity contribution < 1.29 is 27.1 Å². The molecule has 0 fully saturated rings. The monoisotopic (exact) mass is 601 g/mol. The van der Waals surface area contributed by atoms with Crippen molar-refractivity contribution in [1.82, 2.24) is 9.97 Å². The highest BCUT2D eigenvalue weighted by Gasteiger charge is 2.20. The van der Waals surface area contributed by atoms with E-state index in [1.807, 2.05) is 25.1 Å². The molecular weight excluding hydrogens is 573 g/mol. The number of para-hydroxylation sites is 2. The number of rotatable bonds is 11. The van der Waals surface area contributed by atoms with Crippen molar-refractivity contribution in [1.29, 1.82) is 0 Å². The molecule has 0 saturated carbocycles. The molecule has 1 heterocycles. The fourth-order valence-electron chi connectivity index (χ4n) is 4.15. The number of amides is 1. The van der Waals surface area contributed by atoms with Crippen LogP contribution in [0.4, 0.5) is 27.4 Å². The summed E-state index contributed by atoms with van der Waals surface area (Å²) >= 11 is 0. The first-order chi connectivity index (χ1) is 20.7. The van der Waals surface area contributed by atoms with Crippen molar-refractivity contribution >= 4 is 50.0 Å². The molecule has 1 aromatic heterocycles. The van der Waals surface area contributed by atoms with Crippen LogP contribution in [-0.4, -0.2) is 38.0 Å². The third kappa shape index (κ3) is 7.35. The van der Waals surface area contributed by atoms with Crippen LogP contribution in [0, 0.1) is 5.82 Å². The zero-order valence-corrected chi connectivity index (χ0v) is 24.1. The van der Waals surface area contributed by atoms with Crippen LogP contribution in [-0.2, 0) is 21.2 Å². The van der Waals surface area contributed by atoms with Crippen LogP contribution >= 0.6 is 0 Å². The van der Waals surface area contributed by atoms with Gasteiger partial charge < -0.3 is 20.1 Å². The van der Waals surface area contributed by atoms with Gasteiger partial charge in [-0.25, -0.2) is 22.8 Å². The van der Waals surface area contributed by atoms with Crippen LogP contribution in [0.5, 0.6) is 11.5 Å². The Morgan fingerprint density at radius 2 is 1.56 bits per heavy atom. The molecule has 3 N–H and O–H groups in total. The standard InChI is InChI=1S/C31H28FN5O5S/c1-3-20-15-23(17-25(16-20)41-2)34-30-31(36-28-10-5-4-9-27(28)35-30)37-43(39,40)26-8-6-7-22(18-26)33-29(38)19-42-24-13-11-21(32)12-14-24/h4-18H,3,19H2,1-2H3,(H,33,38)(H,34,35)(H,36,37). The van der Waals surface area contributed by atoms with E-state index >= 15 is 0 Å². The molecule has 4 aromatic carbocycles. The van der Waals surface area contributed by atoms with E-state index in [4.69, 9.17) is 9.47 Å². The van der Waals surface area contributed by atoms with Crippen LogP contribution in [0.3, 0.4) is 0 Å². The minimum Gasteiger partial charge on any atom is -0.497 e. The summed E-state index contributed by atoms with van der Waals surface area (Å²) in [5, 5.41) is 5.79. The molecule has 220 valence electrons. The Balaban J connectivity index is 1.38. The lowest BCUT2D eigenvalue weighted by Gasteiger charge is -2.15. The van der Waals surface area contributed by atoms with Crippen LogP contribution in [0.25, 0.3) is 11.0 Å². The van der Waals surface area contributed by atoms with Crippen LogP contribution in [0.15, 0.2) is 95.9 Å². The lowest BCUT2D eigenvalue weighted by Crippen LogP contribution is -2.21. The number of hydrogen-bond acceptors (Lipinski definition) is 8. The minimum absolute atomic E-state index is 0.0123. The summed E-state index contributed by atoms with van der Waals surface area (Å²) in [4.78, 5) is 21.5. The first-order valence-electron chi connectivity index (χ1n) is 13.3. The smallest absolute Gasteiger partial charge is 0.263 e. The molecular formula is C31H28FN5O5S. The molecule has 10 nitrogen and oxygen atoms in total. The van der Waals surface area contributed by atoms with Crippen LogP contribution in [0.1, 0.15) is 12.5 Å². The summed E-state index contributed by atoms with van der Waals surface area (Å²) in [5.41, 5.74) is 2.96. The van der Waals surface area contributed by atoms with E-state index < -0.39 is 21.7 Å². The Kier molecular flexibility index (Phi) is 8.67. The molecule has 0 aliphatic rings. The van der Waals surface area contributed by atoms with Gasteiger partial charge in [0.2, 0.25) is 0 Å². The molecule has 0 bridgehead atoms. The largest absolute Gasteiger partial charge is 0.497 e. The number of aromatic nitrogens is 2. The maximum Gasteiger partial charge on any atom is 0.263 e. The van der Waals surface area contributed by atoms with Crippen LogP contribution < -0.4 is 24.8 Å². The van der Waals surface area contributed by atoms with Gasteiger partial charge in [0, 0.05) is 17.4 Å². The second-order valence-electron chi connectivity index (χ2n) is 9.38. The van der Waals surface area contributed by atoms with Gasteiger partial charge in [-0.15, -0.1) is 0 Å². The van der Waals surface area contributed by atoms with E-state index in [1.165, 1.54) is 42.5 Å². The summed E-state index contributed by atoms with van der Waals surface area (Å²) in [7, 11) is -2.60. The van der Waals surface area contributed by atoms with Crippen molar-refractivity contribution in [2.24, 2.45) is 0 Å². The van der Waals surface area contributed by atoms with Gasteiger partial charge in [-0.3, -0.25) is 9.52 Å². The van der Waals surface area contributed by atoms with Gasteiger partial charge in [0.1, 0.15) is 17.3 Å². The molecule has 0 aliphatic carbocycles. The lowest BCUT2D eigenvalue weighted by atomic mass is 10.1. The highest BCUT2D eigenvalue weighted by molar-refractivity contribution is 7.92. The van der Waals surface area contributed by atoms with Crippen molar-refractivity contribution in [2.45, 2.75) is 18.2 Å². The lowest BCUT2D eigenvalue weighted by molar-refractivity contribution is -0.118. The molecule has 0 atom stereocenters. The van der Waals surface area contributed by atoms with E-state index in [1.54, 1.807) is 37.4 Å².